The average molecular weight is 248 g/mol. The van der Waals surface area contributed by atoms with Gasteiger partial charge in [0.15, 0.2) is 5.69 Å². The lowest BCUT2D eigenvalue weighted by atomic mass is 10.5. The molecule has 0 bridgehead atoms. The molecule has 0 saturated heterocycles. The maximum absolute atomic E-state index is 5.40. The Morgan fingerprint density at radius 3 is 2.07 bits per heavy atom. The Bertz CT molecular complexity index is 297. The Balaban J connectivity index is 2.92. The summed E-state index contributed by atoms with van der Waals surface area (Å²) in [6.45, 7) is 4.15. The van der Waals surface area contributed by atoms with Gasteiger partial charge in [0.2, 0.25) is 11.2 Å². The molecule has 1 aromatic heterocycles. The van der Waals surface area contributed by atoms with Gasteiger partial charge in [-0.25, -0.2) is 0 Å². The Kier molecular flexibility index (Phi) is 4.41. The second-order valence-corrected chi connectivity index (χ2v) is 7.25. The monoisotopic (exact) mass is 248 g/mol. The average Bonchev–Trinajstić information content (AvgIpc) is 2.57. The van der Waals surface area contributed by atoms with Crippen molar-refractivity contribution in [3.8, 4) is 0 Å². The van der Waals surface area contributed by atoms with Crippen LogP contribution in [-0.2, 0) is 19.4 Å². The third-order valence-electron chi connectivity index (χ3n) is 2.49. The van der Waals surface area contributed by atoms with Gasteiger partial charge in [-0.3, -0.25) is 0 Å². The normalized spacial score (nSPS) is 12.1. The van der Waals surface area contributed by atoms with E-state index in [0.29, 0.717) is 6.17 Å². The molecule has 86 valence electrons. The predicted octanol–water partition coefficient (Wildman–Crippen LogP) is 1.07. The first kappa shape index (κ1) is 12.8. The van der Waals surface area contributed by atoms with Gasteiger partial charge < -0.3 is 13.3 Å². The van der Waals surface area contributed by atoms with Crippen LogP contribution in [0.2, 0.25) is 0 Å². The Hall–Kier alpha value is -0.273. The van der Waals surface area contributed by atoms with Crippen molar-refractivity contribution in [1.82, 2.24) is 0 Å². The van der Waals surface area contributed by atoms with E-state index in [-0.39, 0.29) is 0 Å². The van der Waals surface area contributed by atoms with E-state index in [1.54, 1.807) is 32.7 Å². The Morgan fingerprint density at radius 1 is 1.20 bits per heavy atom. The highest BCUT2D eigenvalue weighted by Gasteiger charge is 2.44. The Morgan fingerprint density at radius 2 is 1.73 bits per heavy atom. The lowest BCUT2D eigenvalue weighted by molar-refractivity contribution is -0.691. The fourth-order valence-electron chi connectivity index (χ4n) is 1.42. The Labute approximate surface area is 95.8 Å². The first-order valence-electron chi connectivity index (χ1n) is 4.68. The SMILES string of the molecule is CO[Si](C[n+]1c(C)csc1C)(OC)OC. The summed E-state index contributed by atoms with van der Waals surface area (Å²) in [5.74, 6) is 0. The van der Waals surface area contributed by atoms with Gasteiger partial charge in [-0.05, 0) is 0 Å². The molecule has 0 radical (unpaired) electrons. The van der Waals surface area contributed by atoms with Crippen LogP contribution < -0.4 is 4.57 Å². The summed E-state index contributed by atoms with van der Waals surface area (Å²) in [6, 6.07) is 0. The topological polar surface area (TPSA) is 31.6 Å². The van der Waals surface area contributed by atoms with E-state index < -0.39 is 8.80 Å². The number of hydrogen-bond acceptors (Lipinski definition) is 4. The van der Waals surface area contributed by atoms with Crippen LogP contribution in [0.5, 0.6) is 0 Å². The van der Waals surface area contributed by atoms with Crippen molar-refractivity contribution in [3.05, 3.63) is 16.1 Å². The van der Waals surface area contributed by atoms with Gasteiger partial charge in [-0.1, -0.05) is 11.3 Å². The van der Waals surface area contributed by atoms with E-state index in [0.717, 1.165) is 0 Å². The molecule has 0 fully saturated rings. The molecule has 1 heterocycles. The minimum atomic E-state index is -2.52. The van der Waals surface area contributed by atoms with E-state index in [4.69, 9.17) is 13.3 Å². The summed E-state index contributed by atoms with van der Waals surface area (Å²) in [5.41, 5.74) is 1.21. The van der Waals surface area contributed by atoms with Crippen LogP contribution in [0.3, 0.4) is 0 Å². The number of nitrogens with zero attached hydrogens (tertiary/aromatic N) is 1. The molecule has 0 aliphatic rings. The zero-order valence-electron chi connectivity index (χ0n) is 9.86. The molecule has 0 saturated carbocycles. The largest absolute Gasteiger partial charge is 0.569 e. The molecule has 0 N–H and O–H groups in total. The highest BCUT2D eigenvalue weighted by atomic mass is 32.1. The molecule has 0 spiro atoms. The summed E-state index contributed by atoms with van der Waals surface area (Å²) in [7, 11) is 2.39. The van der Waals surface area contributed by atoms with Gasteiger partial charge in [0.1, 0.15) is 0 Å². The summed E-state index contributed by atoms with van der Waals surface area (Å²) in [5, 5.41) is 3.35. The standard InChI is InChI=1S/C9H18NO3SSi/c1-8-6-14-9(2)10(8)7-15(11-3,12-4)13-5/h6H,7H2,1-5H3/q+1. The van der Waals surface area contributed by atoms with Crippen molar-refractivity contribution in [2.75, 3.05) is 21.3 Å². The maximum Gasteiger partial charge on any atom is 0.569 e. The zero-order chi connectivity index (χ0) is 11.5. The van der Waals surface area contributed by atoms with Crippen molar-refractivity contribution in [1.29, 1.82) is 0 Å². The summed E-state index contributed by atoms with van der Waals surface area (Å²) < 4.78 is 18.4. The lowest BCUT2D eigenvalue weighted by Crippen LogP contribution is -2.57. The number of thiazole rings is 1. The molecule has 6 heteroatoms. The molecule has 1 aromatic rings. The summed E-state index contributed by atoms with van der Waals surface area (Å²) in [6.07, 6.45) is 0.664. The van der Waals surface area contributed by atoms with Crippen LogP contribution in [0.1, 0.15) is 10.7 Å². The zero-order valence-corrected chi connectivity index (χ0v) is 11.7. The van der Waals surface area contributed by atoms with Crippen LogP contribution in [0.15, 0.2) is 5.38 Å². The summed E-state index contributed by atoms with van der Waals surface area (Å²) in [4.78, 5) is 0. The maximum atomic E-state index is 5.40. The van der Waals surface area contributed by atoms with Crippen LogP contribution in [0, 0.1) is 13.8 Å². The van der Waals surface area contributed by atoms with E-state index in [2.05, 4.69) is 23.8 Å². The number of aryl methyl sites for hydroxylation is 2. The van der Waals surface area contributed by atoms with E-state index in [9.17, 15) is 0 Å². The van der Waals surface area contributed by atoms with E-state index in [1.165, 1.54) is 10.7 Å². The molecule has 0 aliphatic heterocycles. The quantitative estimate of drug-likeness (QED) is 0.577. The molecule has 1 rings (SSSR count). The number of hydrogen-bond donors (Lipinski definition) is 0. The number of aromatic nitrogens is 1. The van der Waals surface area contributed by atoms with Gasteiger partial charge in [-0.2, -0.15) is 4.57 Å². The first-order valence-corrected chi connectivity index (χ1v) is 7.49. The minimum Gasteiger partial charge on any atom is -0.373 e. The van der Waals surface area contributed by atoms with Gasteiger partial charge in [0.25, 0.3) is 0 Å². The van der Waals surface area contributed by atoms with Crippen LogP contribution in [-0.4, -0.2) is 30.1 Å². The van der Waals surface area contributed by atoms with E-state index >= 15 is 0 Å². The first-order chi connectivity index (χ1) is 7.08. The van der Waals surface area contributed by atoms with Crippen molar-refractivity contribution >= 4 is 20.1 Å². The van der Waals surface area contributed by atoms with E-state index in [1.807, 2.05) is 0 Å². The highest BCUT2D eigenvalue weighted by molar-refractivity contribution is 7.09. The molecule has 0 amide bonds. The van der Waals surface area contributed by atoms with Crippen molar-refractivity contribution in [3.63, 3.8) is 0 Å². The molecule has 0 unspecified atom stereocenters. The lowest BCUT2D eigenvalue weighted by Gasteiger charge is -2.21. The van der Waals surface area contributed by atoms with Crippen LogP contribution in [0.4, 0.5) is 0 Å². The van der Waals surface area contributed by atoms with Gasteiger partial charge in [-0.15, -0.1) is 0 Å². The molecule has 0 aliphatic carbocycles. The molecular weight excluding hydrogens is 230 g/mol. The van der Waals surface area contributed by atoms with Gasteiger partial charge >= 0.3 is 8.80 Å². The highest BCUT2D eigenvalue weighted by Crippen LogP contribution is 2.10. The molecular formula is C9H18NO3SSi+. The second-order valence-electron chi connectivity index (χ2n) is 3.28. The van der Waals surface area contributed by atoms with Crippen LogP contribution >= 0.6 is 11.3 Å². The van der Waals surface area contributed by atoms with Crippen LogP contribution in [0.25, 0.3) is 0 Å². The second kappa shape index (κ2) is 5.18. The van der Waals surface area contributed by atoms with Gasteiger partial charge in [0, 0.05) is 35.2 Å². The summed E-state index contributed by atoms with van der Waals surface area (Å²) >= 11 is 1.72. The molecule has 15 heavy (non-hydrogen) atoms. The molecule has 0 atom stereocenters. The predicted molar refractivity (Wildman–Crippen MR) is 60.8 cm³/mol. The van der Waals surface area contributed by atoms with Crippen molar-refractivity contribution < 1.29 is 17.8 Å². The fourth-order valence-corrected chi connectivity index (χ4v) is 4.10. The third-order valence-corrected chi connectivity index (χ3v) is 6.08. The van der Waals surface area contributed by atoms with Crippen molar-refractivity contribution in [2.45, 2.75) is 20.0 Å². The smallest absolute Gasteiger partial charge is 0.373 e. The van der Waals surface area contributed by atoms with Crippen molar-refractivity contribution in [2.24, 2.45) is 0 Å². The molecule has 4 nitrogen and oxygen atoms in total. The minimum absolute atomic E-state index is 0.664. The number of rotatable bonds is 5. The van der Waals surface area contributed by atoms with Gasteiger partial charge in [0.05, 0.1) is 5.38 Å². The fraction of sp³-hybridized carbons (Fsp3) is 0.667. The third kappa shape index (κ3) is 2.64. The molecule has 0 aromatic carbocycles.